The zero-order valence-corrected chi connectivity index (χ0v) is 21.0. The van der Waals surface area contributed by atoms with Gasteiger partial charge in [-0.1, -0.05) is 30.3 Å². The summed E-state index contributed by atoms with van der Waals surface area (Å²) in [5, 5.41) is 11.4. The maximum absolute atomic E-state index is 10.1. The van der Waals surface area contributed by atoms with Crippen LogP contribution < -0.4 is 9.47 Å². The van der Waals surface area contributed by atoms with Gasteiger partial charge in [-0.25, -0.2) is 0 Å². The Morgan fingerprint density at radius 1 is 1.06 bits per heavy atom. The fourth-order valence-electron chi connectivity index (χ4n) is 5.73. The van der Waals surface area contributed by atoms with Crippen molar-refractivity contribution in [3.8, 4) is 11.5 Å². The molecule has 0 saturated carbocycles. The molecule has 180 valence electrons. The average molecular weight is 487 g/mol. The SMILES string of the molecule is COc1cc2c(cc1OCc1ccc(SC)cc1)C1Cc3c(n(CO)c4ccccc34)CN1CC2. The number of aromatic nitrogens is 1. The second-order valence-corrected chi connectivity index (χ2v) is 10.2. The van der Waals surface area contributed by atoms with E-state index >= 15 is 0 Å². The Morgan fingerprint density at radius 3 is 2.66 bits per heavy atom. The van der Waals surface area contributed by atoms with Crippen molar-refractivity contribution in [1.82, 2.24) is 9.47 Å². The molecule has 6 rings (SSSR count). The molecule has 0 bridgehead atoms. The Labute approximate surface area is 210 Å². The molecule has 3 heterocycles. The number of para-hydroxylation sites is 1. The average Bonchev–Trinajstić information content (AvgIpc) is 3.23. The van der Waals surface area contributed by atoms with Crippen LogP contribution in [0.25, 0.3) is 10.9 Å². The third-order valence-electron chi connectivity index (χ3n) is 7.53. The number of benzene rings is 3. The smallest absolute Gasteiger partial charge is 0.162 e. The highest BCUT2D eigenvalue weighted by Gasteiger charge is 2.35. The van der Waals surface area contributed by atoms with Gasteiger partial charge >= 0.3 is 0 Å². The van der Waals surface area contributed by atoms with E-state index in [0.29, 0.717) is 12.6 Å². The minimum atomic E-state index is 0.0120. The molecule has 2 aliphatic rings. The second-order valence-electron chi connectivity index (χ2n) is 9.29. The van der Waals surface area contributed by atoms with Crippen LogP contribution in [0.2, 0.25) is 0 Å². The van der Waals surface area contributed by atoms with Crippen molar-refractivity contribution < 1.29 is 14.6 Å². The number of hydrogen-bond acceptors (Lipinski definition) is 5. The number of nitrogens with zero attached hydrogens (tertiary/aromatic N) is 2. The number of thioether (sulfide) groups is 1. The molecule has 0 aliphatic carbocycles. The molecule has 3 aromatic carbocycles. The summed E-state index contributed by atoms with van der Waals surface area (Å²) < 4.78 is 14.1. The van der Waals surface area contributed by atoms with E-state index in [1.165, 1.54) is 32.7 Å². The number of fused-ring (bicyclic) bond motifs is 6. The van der Waals surface area contributed by atoms with Crippen molar-refractivity contribution in [2.24, 2.45) is 0 Å². The molecule has 0 radical (unpaired) electrons. The summed E-state index contributed by atoms with van der Waals surface area (Å²) in [4.78, 5) is 3.80. The number of ether oxygens (including phenoxy) is 2. The van der Waals surface area contributed by atoms with Crippen LogP contribution in [0.3, 0.4) is 0 Å². The first-order valence-electron chi connectivity index (χ1n) is 12.1. The summed E-state index contributed by atoms with van der Waals surface area (Å²) in [5.41, 5.74) is 7.53. The molecule has 1 atom stereocenters. The van der Waals surface area contributed by atoms with Crippen molar-refractivity contribution in [3.63, 3.8) is 0 Å². The van der Waals surface area contributed by atoms with Crippen molar-refractivity contribution >= 4 is 22.7 Å². The first kappa shape index (κ1) is 22.5. The zero-order chi connectivity index (χ0) is 23.9. The largest absolute Gasteiger partial charge is 0.493 e. The van der Waals surface area contributed by atoms with Crippen LogP contribution in [0.5, 0.6) is 11.5 Å². The van der Waals surface area contributed by atoms with Gasteiger partial charge in [-0.15, -0.1) is 11.8 Å². The molecule has 5 nitrogen and oxygen atoms in total. The van der Waals surface area contributed by atoms with E-state index in [0.717, 1.165) is 48.5 Å². The van der Waals surface area contributed by atoms with Crippen LogP contribution >= 0.6 is 11.8 Å². The van der Waals surface area contributed by atoms with Gasteiger partial charge in [0, 0.05) is 35.1 Å². The Balaban J connectivity index is 1.34. The first-order chi connectivity index (χ1) is 17.2. The van der Waals surface area contributed by atoms with Crippen molar-refractivity contribution in [2.45, 2.75) is 43.7 Å². The molecule has 1 aromatic heterocycles. The van der Waals surface area contributed by atoms with E-state index in [4.69, 9.17) is 9.47 Å². The Kier molecular flexibility index (Phi) is 5.96. The predicted octanol–water partition coefficient (Wildman–Crippen LogP) is 5.56. The number of hydrogen-bond donors (Lipinski definition) is 1. The number of aliphatic hydroxyl groups excluding tert-OH is 1. The van der Waals surface area contributed by atoms with Gasteiger partial charge in [-0.3, -0.25) is 4.90 Å². The number of rotatable bonds is 6. The van der Waals surface area contributed by atoms with Gasteiger partial charge in [0.25, 0.3) is 0 Å². The number of methoxy groups -OCH3 is 1. The minimum absolute atomic E-state index is 0.0120. The molecule has 0 amide bonds. The zero-order valence-electron chi connectivity index (χ0n) is 20.2. The predicted molar refractivity (Wildman–Crippen MR) is 140 cm³/mol. The van der Waals surface area contributed by atoms with Gasteiger partial charge in [-0.05, 0) is 71.7 Å². The van der Waals surface area contributed by atoms with E-state index in [2.05, 4.69) is 70.3 Å². The Hall–Kier alpha value is -2.93. The maximum atomic E-state index is 10.1. The molecule has 6 heteroatoms. The van der Waals surface area contributed by atoms with E-state index in [1.807, 2.05) is 6.07 Å². The maximum Gasteiger partial charge on any atom is 0.162 e. The van der Waals surface area contributed by atoms with Gasteiger partial charge in [0.15, 0.2) is 11.5 Å². The summed E-state index contributed by atoms with van der Waals surface area (Å²) in [7, 11) is 1.72. The molecule has 2 aliphatic heterocycles. The third kappa shape index (κ3) is 3.90. The van der Waals surface area contributed by atoms with E-state index in [1.54, 1.807) is 18.9 Å². The molecule has 0 spiro atoms. The van der Waals surface area contributed by atoms with Gasteiger partial charge in [-0.2, -0.15) is 0 Å². The monoisotopic (exact) mass is 486 g/mol. The molecular formula is C29H30N2O3S. The van der Waals surface area contributed by atoms with E-state index in [-0.39, 0.29) is 6.73 Å². The van der Waals surface area contributed by atoms with E-state index < -0.39 is 0 Å². The van der Waals surface area contributed by atoms with Gasteiger partial charge in [0.2, 0.25) is 0 Å². The summed E-state index contributed by atoms with van der Waals surface area (Å²) in [6.45, 7) is 2.36. The van der Waals surface area contributed by atoms with Crippen LogP contribution in [0, 0.1) is 0 Å². The van der Waals surface area contributed by atoms with Crippen molar-refractivity contribution in [3.05, 3.63) is 88.6 Å². The first-order valence-corrected chi connectivity index (χ1v) is 13.3. The summed E-state index contributed by atoms with van der Waals surface area (Å²) in [6.07, 6.45) is 3.99. The van der Waals surface area contributed by atoms with Crippen LogP contribution in [0.4, 0.5) is 0 Å². The van der Waals surface area contributed by atoms with Gasteiger partial charge < -0.3 is 19.1 Å². The molecule has 35 heavy (non-hydrogen) atoms. The van der Waals surface area contributed by atoms with Crippen LogP contribution in [-0.2, 0) is 32.7 Å². The normalized spacial score (nSPS) is 17.1. The topological polar surface area (TPSA) is 46.9 Å². The second kappa shape index (κ2) is 9.26. The molecule has 1 N–H and O–H groups in total. The lowest BCUT2D eigenvalue weighted by Crippen LogP contribution is -2.39. The lowest BCUT2D eigenvalue weighted by Gasteiger charge is -2.41. The van der Waals surface area contributed by atoms with Gasteiger partial charge in [0.1, 0.15) is 13.3 Å². The molecule has 4 aromatic rings. The van der Waals surface area contributed by atoms with Crippen molar-refractivity contribution in [1.29, 1.82) is 0 Å². The highest BCUT2D eigenvalue weighted by Crippen LogP contribution is 2.44. The van der Waals surface area contributed by atoms with Crippen LogP contribution in [-0.4, -0.2) is 34.5 Å². The number of aliphatic hydroxyl groups is 1. The third-order valence-corrected chi connectivity index (χ3v) is 8.28. The summed E-state index contributed by atoms with van der Waals surface area (Å²) >= 11 is 1.74. The summed E-state index contributed by atoms with van der Waals surface area (Å²) in [5.74, 6) is 1.59. The fourth-order valence-corrected chi connectivity index (χ4v) is 6.14. The highest BCUT2D eigenvalue weighted by atomic mass is 32.2. The fraction of sp³-hybridized carbons (Fsp3) is 0.310. The molecule has 0 fully saturated rings. The van der Waals surface area contributed by atoms with Crippen molar-refractivity contribution in [2.75, 3.05) is 19.9 Å². The van der Waals surface area contributed by atoms with E-state index in [9.17, 15) is 5.11 Å². The Morgan fingerprint density at radius 2 is 1.89 bits per heavy atom. The molecule has 0 saturated heterocycles. The summed E-state index contributed by atoms with van der Waals surface area (Å²) in [6, 6.07) is 21.6. The highest BCUT2D eigenvalue weighted by molar-refractivity contribution is 7.98. The molecular weight excluding hydrogens is 456 g/mol. The Bertz CT molecular complexity index is 1380. The van der Waals surface area contributed by atoms with Crippen LogP contribution in [0.1, 0.15) is 34.0 Å². The minimum Gasteiger partial charge on any atom is -0.493 e. The quantitative estimate of drug-likeness (QED) is 0.362. The van der Waals surface area contributed by atoms with Gasteiger partial charge in [0.05, 0.1) is 12.6 Å². The standard InChI is InChI=1S/C29H30N2O3S/c1-33-28-13-20-11-12-30-16-27-24(22-5-3-4-6-25(22)31(27)18-32)14-26(30)23(20)15-29(28)34-17-19-7-9-21(35-2)10-8-19/h3-10,13,15,26,32H,11-12,14,16-18H2,1-2H3. The lowest BCUT2D eigenvalue weighted by atomic mass is 9.85. The molecule has 1 unspecified atom stereocenters. The lowest BCUT2D eigenvalue weighted by molar-refractivity contribution is 0.145. The van der Waals surface area contributed by atoms with Crippen LogP contribution in [0.15, 0.2) is 65.6 Å².